The van der Waals surface area contributed by atoms with Gasteiger partial charge in [0.2, 0.25) is 0 Å². The number of rotatable bonds is 2. The fraction of sp³-hybridized carbons (Fsp3) is 0.0769. The van der Waals surface area contributed by atoms with Gasteiger partial charge in [0, 0.05) is 24.2 Å². The van der Waals surface area contributed by atoms with Crippen LogP contribution in [0.5, 0.6) is 0 Å². The zero-order valence-corrected chi connectivity index (χ0v) is 10.2. The van der Waals surface area contributed by atoms with Gasteiger partial charge in [-0.3, -0.25) is 4.79 Å². The molecule has 0 aliphatic rings. The largest absolute Gasteiger partial charge is 0.366 e. The molecule has 2 N–H and O–H groups in total. The first-order valence-corrected chi connectivity index (χ1v) is 5.72. The fourth-order valence-corrected chi connectivity index (χ4v) is 1.87. The number of amides is 1. The highest BCUT2D eigenvalue weighted by molar-refractivity contribution is 5.92. The van der Waals surface area contributed by atoms with Crippen molar-refractivity contribution in [1.82, 2.24) is 19.6 Å². The minimum atomic E-state index is -0.534. The predicted molar refractivity (Wildman–Crippen MR) is 69.5 cm³/mol. The molecule has 6 nitrogen and oxygen atoms in total. The number of hydrogen-bond acceptors (Lipinski definition) is 4. The van der Waals surface area contributed by atoms with Gasteiger partial charge in [-0.15, -0.1) is 0 Å². The maximum absolute atomic E-state index is 11.0. The summed E-state index contributed by atoms with van der Waals surface area (Å²) < 4.78 is 1.79. The van der Waals surface area contributed by atoms with Crippen molar-refractivity contribution < 1.29 is 4.79 Å². The summed E-state index contributed by atoms with van der Waals surface area (Å²) in [6.07, 6.45) is 4.70. The van der Waals surface area contributed by atoms with Crippen molar-refractivity contribution in [3.05, 3.63) is 48.0 Å². The molecule has 0 bridgehead atoms. The number of nitrogens with zero attached hydrogens (tertiary/aromatic N) is 4. The normalized spacial score (nSPS) is 10.8. The summed E-state index contributed by atoms with van der Waals surface area (Å²) in [5.74, 6) is 0.0137. The minimum Gasteiger partial charge on any atom is -0.366 e. The van der Waals surface area contributed by atoms with Crippen LogP contribution >= 0.6 is 0 Å². The number of carbonyl (C=O) groups excluding carboxylic acids is 1. The van der Waals surface area contributed by atoms with E-state index in [-0.39, 0.29) is 0 Å². The van der Waals surface area contributed by atoms with E-state index in [2.05, 4.69) is 15.1 Å². The van der Waals surface area contributed by atoms with Crippen LogP contribution in [0.15, 0.2) is 36.8 Å². The standard InChI is InChI=1S/C13H11N5O/c1-8-4-11-5-9(2-3-18(11)17-8)13-15-6-10(7-16-13)12(14)19/h2-7H,1H3,(H2,14,19). The lowest BCUT2D eigenvalue weighted by molar-refractivity contribution is 0.0999. The lowest BCUT2D eigenvalue weighted by atomic mass is 10.2. The van der Waals surface area contributed by atoms with E-state index < -0.39 is 5.91 Å². The number of aromatic nitrogens is 4. The predicted octanol–water partition coefficient (Wildman–Crippen LogP) is 1.20. The second kappa shape index (κ2) is 4.16. The van der Waals surface area contributed by atoms with Gasteiger partial charge in [-0.25, -0.2) is 14.5 Å². The summed E-state index contributed by atoms with van der Waals surface area (Å²) in [4.78, 5) is 19.2. The topological polar surface area (TPSA) is 86.2 Å². The van der Waals surface area contributed by atoms with E-state index in [9.17, 15) is 4.79 Å². The molecule has 0 aromatic carbocycles. The Morgan fingerprint density at radius 3 is 2.68 bits per heavy atom. The number of primary amides is 1. The molecular weight excluding hydrogens is 242 g/mol. The van der Waals surface area contributed by atoms with Gasteiger partial charge in [0.25, 0.3) is 5.91 Å². The summed E-state index contributed by atoms with van der Waals surface area (Å²) in [5.41, 5.74) is 8.23. The van der Waals surface area contributed by atoms with Crippen LogP contribution in [0.2, 0.25) is 0 Å². The van der Waals surface area contributed by atoms with E-state index >= 15 is 0 Å². The quantitative estimate of drug-likeness (QED) is 0.743. The van der Waals surface area contributed by atoms with Crippen LogP contribution in [-0.4, -0.2) is 25.5 Å². The van der Waals surface area contributed by atoms with Crippen molar-refractivity contribution in [1.29, 1.82) is 0 Å². The maximum atomic E-state index is 11.0. The summed E-state index contributed by atoms with van der Waals surface area (Å²) in [6, 6.07) is 5.79. The van der Waals surface area contributed by atoms with Crippen molar-refractivity contribution in [2.24, 2.45) is 5.73 Å². The zero-order valence-electron chi connectivity index (χ0n) is 10.2. The molecule has 0 fully saturated rings. The van der Waals surface area contributed by atoms with Gasteiger partial charge in [-0.05, 0) is 25.1 Å². The molecule has 3 rings (SSSR count). The molecule has 3 aromatic heterocycles. The molecule has 1 amide bonds. The van der Waals surface area contributed by atoms with Gasteiger partial charge in [0.05, 0.1) is 16.8 Å². The number of hydrogen-bond donors (Lipinski definition) is 1. The fourth-order valence-electron chi connectivity index (χ4n) is 1.87. The van der Waals surface area contributed by atoms with E-state index in [1.54, 1.807) is 4.52 Å². The molecule has 0 saturated heterocycles. The van der Waals surface area contributed by atoms with Crippen LogP contribution in [0.1, 0.15) is 16.1 Å². The highest BCUT2D eigenvalue weighted by atomic mass is 16.1. The highest BCUT2D eigenvalue weighted by Crippen LogP contribution is 2.17. The average molecular weight is 253 g/mol. The second-order valence-electron chi connectivity index (χ2n) is 4.23. The van der Waals surface area contributed by atoms with Gasteiger partial charge < -0.3 is 5.73 Å². The van der Waals surface area contributed by atoms with Crippen LogP contribution in [0, 0.1) is 6.92 Å². The van der Waals surface area contributed by atoms with Crippen LogP contribution < -0.4 is 5.73 Å². The van der Waals surface area contributed by atoms with Crippen LogP contribution in [0.25, 0.3) is 16.9 Å². The molecular formula is C13H11N5O. The average Bonchev–Trinajstić information content (AvgIpc) is 2.77. The van der Waals surface area contributed by atoms with Gasteiger partial charge in [0.15, 0.2) is 5.82 Å². The summed E-state index contributed by atoms with van der Waals surface area (Å²) in [6.45, 7) is 1.94. The molecule has 0 aliphatic carbocycles. The van der Waals surface area contributed by atoms with Crippen molar-refractivity contribution in [3.63, 3.8) is 0 Å². The van der Waals surface area contributed by atoms with E-state index in [0.29, 0.717) is 11.4 Å². The maximum Gasteiger partial charge on any atom is 0.251 e. The molecule has 94 valence electrons. The Morgan fingerprint density at radius 1 is 1.26 bits per heavy atom. The SMILES string of the molecule is Cc1cc2cc(-c3ncc(C(N)=O)cn3)ccn2n1. The Balaban J connectivity index is 2.05. The van der Waals surface area contributed by atoms with E-state index in [4.69, 9.17) is 5.73 Å². The first-order chi connectivity index (χ1) is 9.13. The Hall–Kier alpha value is -2.76. The minimum absolute atomic E-state index is 0.296. The second-order valence-corrected chi connectivity index (χ2v) is 4.23. The number of fused-ring (bicyclic) bond motifs is 1. The molecule has 3 heterocycles. The number of pyridine rings is 1. The van der Waals surface area contributed by atoms with Gasteiger partial charge in [0.1, 0.15) is 0 Å². The zero-order chi connectivity index (χ0) is 13.4. The molecule has 19 heavy (non-hydrogen) atoms. The first kappa shape index (κ1) is 11.3. The van der Waals surface area contributed by atoms with Crippen molar-refractivity contribution in [2.45, 2.75) is 6.92 Å². The van der Waals surface area contributed by atoms with E-state index in [0.717, 1.165) is 16.8 Å². The first-order valence-electron chi connectivity index (χ1n) is 5.72. The molecule has 0 radical (unpaired) electrons. The smallest absolute Gasteiger partial charge is 0.251 e. The molecule has 0 aliphatic heterocycles. The van der Waals surface area contributed by atoms with Gasteiger partial charge in [-0.1, -0.05) is 0 Å². The molecule has 0 atom stereocenters. The van der Waals surface area contributed by atoms with Crippen LogP contribution in [-0.2, 0) is 0 Å². The van der Waals surface area contributed by atoms with Crippen molar-refractivity contribution in [3.8, 4) is 11.4 Å². The Morgan fingerprint density at radius 2 is 2.00 bits per heavy atom. The van der Waals surface area contributed by atoms with Crippen molar-refractivity contribution in [2.75, 3.05) is 0 Å². The third-order valence-electron chi connectivity index (χ3n) is 2.78. The van der Waals surface area contributed by atoms with Crippen molar-refractivity contribution >= 4 is 11.4 Å². The van der Waals surface area contributed by atoms with Crippen LogP contribution in [0.3, 0.4) is 0 Å². The molecule has 3 aromatic rings. The lowest BCUT2D eigenvalue weighted by Gasteiger charge is -2.01. The highest BCUT2D eigenvalue weighted by Gasteiger charge is 2.06. The number of aryl methyl sites for hydroxylation is 1. The molecule has 0 spiro atoms. The third kappa shape index (κ3) is 2.03. The summed E-state index contributed by atoms with van der Waals surface area (Å²) >= 11 is 0. The van der Waals surface area contributed by atoms with E-state index in [1.807, 2.05) is 31.3 Å². The van der Waals surface area contributed by atoms with Gasteiger partial charge >= 0.3 is 0 Å². The Kier molecular flexibility index (Phi) is 2.49. The summed E-state index contributed by atoms with van der Waals surface area (Å²) in [5, 5.41) is 4.30. The molecule has 6 heteroatoms. The molecule has 0 unspecified atom stereocenters. The van der Waals surface area contributed by atoms with Crippen LogP contribution in [0.4, 0.5) is 0 Å². The monoisotopic (exact) mass is 253 g/mol. The number of nitrogens with two attached hydrogens (primary N) is 1. The van der Waals surface area contributed by atoms with E-state index in [1.165, 1.54) is 12.4 Å². The summed E-state index contributed by atoms with van der Waals surface area (Å²) in [7, 11) is 0. The lowest BCUT2D eigenvalue weighted by Crippen LogP contribution is -2.11. The Labute approximate surface area is 108 Å². The molecule has 0 saturated carbocycles. The third-order valence-corrected chi connectivity index (χ3v) is 2.78. The van der Waals surface area contributed by atoms with Gasteiger partial charge in [-0.2, -0.15) is 5.10 Å². The Bertz CT molecular complexity index is 760. The number of carbonyl (C=O) groups is 1.